The first kappa shape index (κ1) is 131. The summed E-state index contributed by atoms with van der Waals surface area (Å²) in [7, 11) is -4.28. The number of ether oxygens (including phenoxy) is 7. The predicted octanol–water partition coefficient (Wildman–Crippen LogP) is 17.3. The van der Waals surface area contributed by atoms with E-state index in [9.17, 15) is 69.0 Å². The number of nitrogens with one attached hydrogen (secondary N) is 1. The van der Waals surface area contributed by atoms with Gasteiger partial charge in [0.15, 0.2) is 8.32 Å². The molecule has 5 rings (SSSR count). The van der Waals surface area contributed by atoms with Crippen molar-refractivity contribution in [3.63, 3.8) is 0 Å². The standard InChI is InChI=1S/C20H27NOSi.2C18H31NO5.C13H25NO4.C7H13O3P.C7H14O2.C6H11NO2.4CO2/c1-23(2,3)22-20(19-15-10-16-21-19,17-11-6-4-7-12-17)18-13-8-5-9-14-18;2*1-7-13(8-2)24-15-11-12(17(20)23-9-3)10-14(19(21)22)16(15)18(4,5)6;1-6-10(7-2)18-12(9-15)11(8-14(16)17)13(3,4)5;1-5-10-7(8)6(2)11(3,4)9;1-3-7(4-2)9-6-5-8;1-6(2,3)4-5-7(8)9;4*2-1-3/h4-9,11-14,19,21H,10,15-16H2,1-3H3;2*11,13-16H,7-10H2,1-6H3;9-12H,6-8H2,1-5H3;2,5H2,1,3-4H3;5,7H,3-4,6H2,1-2H3;4-5H,1-3H3;;;;/b;;;;;;5-4+;;;;/t19-;14?,15-,16-;14-,15+,16-;11-,12-;;;;;;;/m1111......./s1. The number of aldehydes is 2. The van der Waals surface area contributed by atoms with Gasteiger partial charge in [0.2, 0.25) is 24.8 Å². The maximum atomic E-state index is 12.1. The van der Waals surface area contributed by atoms with Gasteiger partial charge >= 0.3 is 42.5 Å². The van der Waals surface area contributed by atoms with Crippen LogP contribution in [0.2, 0.25) is 19.6 Å². The van der Waals surface area contributed by atoms with Gasteiger partial charge in [-0.2, -0.15) is 38.4 Å². The zero-order chi connectivity index (χ0) is 102. The first-order valence-electron chi connectivity index (χ1n) is 43.8. The molecule has 0 amide bonds. The zero-order valence-electron chi connectivity index (χ0n) is 82.2. The molecule has 130 heavy (non-hydrogen) atoms. The van der Waals surface area contributed by atoms with Gasteiger partial charge in [-0.1, -0.05) is 206 Å². The van der Waals surface area contributed by atoms with Crippen LogP contribution >= 0.6 is 7.14 Å². The Morgan fingerprint density at radius 1 is 0.562 bits per heavy atom. The minimum atomic E-state index is -2.51. The second kappa shape index (κ2) is 70.3. The van der Waals surface area contributed by atoms with Crippen molar-refractivity contribution in [2.75, 3.05) is 52.8 Å². The molecule has 1 fully saturated rings. The first-order chi connectivity index (χ1) is 60.4. The molecule has 35 nitrogen and oxygen atoms in total. The van der Waals surface area contributed by atoms with Crippen molar-refractivity contribution in [3.8, 4) is 0 Å². The lowest BCUT2D eigenvalue weighted by Crippen LogP contribution is -2.53. The average Bonchev–Trinajstić information content (AvgIpc) is 1.16. The molecule has 2 aromatic rings. The quantitative estimate of drug-likeness (QED) is 0.00967. The van der Waals surface area contributed by atoms with Crippen LogP contribution < -0.4 is 5.32 Å². The summed E-state index contributed by atoms with van der Waals surface area (Å²) in [6, 6.07) is 20.1. The van der Waals surface area contributed by atoms with Crippen molar-refractivity contribution >= 4 is 70.5 Å². The fourth-order valence-electron chi connectivity index (χ4n) is 13.9. The van der Waals surface area contributed by atoms with Crippen molar-refractivity contribution in [2.24, 2.45) is 39.4 Å². The van der Waals surface area contributed by atoms with E-state index in [1.54, 1.807) is 39.0 Å². The number of hydrogen-bond acceptors (Lipinski definition) is 31. The second-order valence-corrected chi connectivity index (χ2v) is 43.2. The number of carbonyl (C=O) groups is 5. The van der Waals surface area contributed by atoms with Gasteiger partial charge < -0.3 is 57.1 Å². The summed E-state index contributed by atoms with van der Waals surface area (Å²) in [6.45, 7) is 59.8. The maximum Gasteiger partial charge on any atom is 0.373 e. The lowest BCUT2D eigenvalue weighted by Gasteiger charge is -2.44. The fourth-order valence-corrected chi connectivity index (χ4v) is 15.7. The van der Waals surface area contributed by atoms with Crippen LogP contribution in [0.3, 0.4) is 0 Å². The van der Waals surface area contributed by atoms with Gasteiger partial charge in [0, 0.05) is 44.8 Å². The molecule has 1 unspecified atom stereocenters. The summed E-state index contributed by atoms with van der Waals surface area (Å²) in [5.41, 5.74) is 1.77. The van der Waals surface area contributed by atoms with E-state index in [1.807, 2.05) is 125 Å². The Kier molecular flexibility index (Phi) is 70.9. The van der Waals surface area contributed by atoms with Crippen molar-refractivity contribution in [2.45, 2.75) is 322 Å². The maximum absolute atomic E-state index is 12.1. The van der Waals surface area contributed by atoms with E-state index < -0.39 is 80.2 Å². The Morgan fingerprint density at radius 3 is 1.15 bits per heavy atom. The number of hydrogen-bond donors (Lipinski definition) is 1. The summed E-state index contributed by atoms with van der Waals surface area (Å²) in [4.78, 5) is 164. The third-order valence-corrected chi connectivity index (χ3v) is 22.5. The van der Waals surface area contributed by atoms with Gasteiger partial charge in [-0.25, -0.2) is 14.4 Å². The zero-order valence-corrected chi connectivity index (χ0v) is 84.1. The number of carbonyl (C=O) groups excluding carboxylic acids is 13. The van der Waals surface area contributed by atoms with Crippen LogP contribution in [0.4, 0.5) is 0 Å². The molecule has 1 N–H and O–H groups in total. The summed E-state index contributed by atoms with van der Waals surface area (Å²) in [6.07, 6.45) is 16.7. The van der Waals surface area contributed by atoms with E-state index in [1.165, 1.54) is 30.9 Å². The Bertz CT molecular complexity index is 3690. The summed E-state index contributed by atoms with van der Waals surface area (Å²) >= 11 is 0. The molecule has 3 aliphatic rings. The minimum absolute atomic E-state index is 0.0168. The number of nitrogens with zero attached hydrogens (tertiary/aromatic N) is 4. The third-order valence-electron chi connectivity index (χ3n) is 20.1. The molecular weight excluding hydrogens is 1730 g/mol. The van der Waals surface area contributed by atoms with Gasteiger partial charge in [-0.05, 0) is 176 Å². The van der Waals surface area contributed by atoms with E-state index >= 15 is 0 Å². The molecule has 1 heterocycles. The number of nitro groups is 4. The summed E-state index contributed by atoms with van der Waals surface area (Å²) in [5.74, 6) is -2.52. The largest absolute Gasteiger partial charge is 0.463 e. The Balaban J connectivity index is -0.000000346. The Labute approximate surface area is 770 Å². The van der Waals surface area contributed by atoms with Gasteiger partial charge in [0.05, 0.1) is 84.4 Å². The lowest BCUT2D eigenvalue weighted by atomic mass is 9.68. The van der Waals surface area contributed by atoms with Crippen LogP contribution in [0.5, 0.6) is 0 Å². The minimum Gasteiger partial charge on any atom is -0.463 e. The van der Waals surface area contributed by atoms with E-state index in [2.05, 4.69) is 111 Å². The topological polar surface area (TPSA) is 497 Å². The van der Waals surface area contributed by atoms with Crippen molar-refractivity contribution < 1.29 is 124 Å². The van der Waals surface area contributed by atoms with Crippen molar-refractivity contribution in [1.29, 1.82) is 0 Å². The van der Waals surface area contributed by atoms with Crippen LogP contribution in [0, 0.1) is 79.9 Å². The lowest BCUT2D eigenvalue weighted by molar-refractivity contribution is -0.539. The highest BCUT2D eigenvalue weighted by Crippen LogP contribution is 2.47. The fraction of sp³-hybridized carbons (Fsp3) is 0.688. The van der Waals surface area contributed by atoms with Crippen molar-refractivity contribution in [3.05, 3.63) is 160 Å². The second-order valence-electron chi connectivity index (χ2n) is 35.6. The number of allylic oxidation sites excluding steroid dienone is 1. The molecule has 2 aromatic carbocycles. The van der Waals surface area contributed by atoms with Crippen LogP contribution in [0.25, 0.3) is 0 Å². The number of rotatable bonds is 36. The Hall–Kier alpha value is -9.52. The molecular formula is C93H152N5O30PSi. The van der Waals surface area contributed by atoms with Crippen LogP contribution in [0.15, 0.2) is 108 Å². The van der Waals surface area contributed by atoms with E-state index in [4.69, 9.17) is 71.2 Å². The molecule has 0 bridgehead atoms. The van der Waals surface area contributed by atoms with Crippen LogP contribution in [0.1, 0.15) is 247 Å². The van der Waals surface area contributed by atoms with Gasteiger partial charge in [-0.3, -0.25) is 40.5 Å². The van der Waals surface area contributed by atoms with E-state index in [0.29, 0.717) is 23.5 Å². The molecule has 2 aliphatic carbocycles. The number of benzene rings is 2. The molecule has 0 aromatic heterocycles. The van der Waals surface area contributed by atoms with Gasteiger partial charge in [0.1, 0.15) is 38.0 Å². The highest BCUT2D eigenvalue weighted by Gasteiger charge is 2.52. The summed E-state index contributed by atoms with van der Waals surface area (Å²) in [5, 5.41) is 47.7. The molecule has 0 radical (unpaired) electrons. The molecule has 9 atom stereocenters. The van der Waals surface area contributed by atoms with E-state index in [0.717, 1.165) is 76.8 Å². The normalized spacial score (nSPS) is 17.3. The predicted molar refractivity (Wildman–Crippen MR) is 491 cm³/mol. The highest BCUT2D eigenvalue weighted by atomic mass is 31.2. The first-order valence-corrected chi connectivity index (χ1v) is 49.8. The van der Waals surface area contributed by atoms with Crippen LogP contribution in [-0.4, -0.2) is 197 Å². The molecule has 37 heteroatoms. The monoisotopic (exact) mass is 1880 g/mol. The highest BCUT2D eigenvalue weighted by molar-refractivity contribution is 7.67. The molecule has 0 spiro atoms. The smallest absolute Gasteiger partial charge is 0.373 e. The van der Waals surface area contributed by atoms with E-state index in [-0.39, 0.29) is 148 Å². The SMILES string of the molecule is C=C(C(=O)OCC)P(C)(C)=O.CC(C)(C)/C=C/[N+](=O)[O-].CCC(CC)OCC=O.CCC(CC)O[C@H](C=O)[C@@H](C[N+](=O)[O-])C(C)(C)C.CCOC(=O)C1=C[C@@H](OC(CC)CC)[C@H](C(C)(C)C)C([N+](=O)[O-])C1.CCOC(=O)C1=C[C@H](OC(CC)CC)[C@H](C(C)(C)C)[C@H]([N+](=O)[O-])C1.C[Si](C)(C)OC(c1ccccc1)(c1ccccc1)[C@H]1CCCN1.O=C=O.O=C=O.O=C=O.O=C=O. The van der Waals surface area contributed by atoms with Crippen molar-refractivity contribution in [1.82, 2.24) is 5.32 Å². The van der Waals surface area contributed by atoms with Gasteiger partial charge in [0.25, 0.3) is 0 Å². The van der Waals surface area contributed by atoms with Gasteiger partial charge in [-0.15, -0.1) is 0 Å². The molecule has 0 saturated carbocycles. The average molecular weight is 1880 g/mol. The molecule has 738 valence electrons. The third kappa shape index (κ3) is 56.3. The molecule has 1 saturated heterocycles. The number of esters is 3. The summed E-state index contributed by atoms with van der Waals surface area (Å²) < 4.78 is 56.1. The Morgan fingerprint density at radius 2 is 0.915 bits per heavy atom. The van der Waals surface area contributed by atoms with Crippen LogP contribution in [-0.2, 0) is 110 Å². The molecule has 1 aliphatic heterocycles.